The van der Waals surface area contributed by atoms with Gasteiger partial charge in [-0.3, -0.25) is 0 Å². The first-order valence-electron chi connectivity index (χ1n) is 7.13. The Labute approximate surface area is 141 Å². The molecule has 0 saturated heterocycles. The van der Waals surface area contributed by atoms with Gasteiger partial charge < -0.3 is 0 Å². The summed E-state index contributed by atoms with van der Waals surface area (Å²) in [5, 5.41) is 7.54. The van der Waals surface area contributed by atoms with Gasteiger partial charge in [0.1, 0.15) is 17.5 Å². The van der Waals surface area contributed by atoms with E-state index in [4.69, 9.17) is 11.6 Å². The van der Waals surface area contributed by atoms with Gasteiger partial charge in [0, 0.05) is 23.3 Å². The normalized spacial score (nSPS) is 10.9. The van der Waals surface area contributed by atoms with E-state index < -0.39 is 23.0 Å². The maximum atomic E-state index is 14.3. The molecule has 0 amide bonds. The number of hydrogen-bond acceptors (Lipinski definition) is 2. The second kappa shape index (κ2) is 6.24. The lowest BCUT2D eigenvalue weighted by molar-refractivity contribution is 0.548. The van der Waals surface area contributed by atoms with E-state index in [0.717, 1.165) is 5.56 Å². The molecular weight excluding hydrogens is 337 g/mol. The van der Waals surface area contributed by atoms with Crippen LogP contribution >= 0.6 is 11.6 Å². The number of nitrogens with zero attached hydrogens (tertiary/aromatic N) is 2. The van der Waals surface area contributed by atoms with Gasteiger partial charge in [-0.15, -0.1) is 5.10 Å². The van der Waals surface area contributed by atoms with E-state index in [1.807, 2.05) is 19.1 Å². The lowest BCUT2D eigenvalue weighted by Crippen LogP contribution is -2.01. The van der Waals surface area contributed by atoms with Crippen molar-refractivity contribution in [2.75, 3.05) is 0 Å². The topological polar surface area (TPSA) is 25.8 Å². The smallest absolute Gasteiger partial charge is 0.160 e. The molecular formula is C18H12ClF3N2. The van der Waals surface area contributed by atoms with E-state index in [1.54, 1.807) is 19.1 Å². The third kappa shape index (κ3) is 2.87. The molecule has 0 saturated carbocycles. The molecule has 24 heavy (non-hydrogen) atoms. The van der Waals surface area contributed by atoms with Gasteiger partial charge in [-0.1, -0.05) is 41.4 Å². The van der Waals surface area contributed by atoms with E-state index >= 15 is 0 Å². The van der Waals surface area contributed by atoms with Crippen molar-refractivity contribution >= 4 is 11.6 Å². The summed E-state index contributed by atoms with van der Waals surface area (Å²) in [6, 6.07) is 8.57. The predicted molar refractivity (Wildman–Crippen MR) is 87.3 cm³/mol. The SMILES string of the molecule is Cc1ccc(-c2c(C)nnc(Cl)c2-c2c(F)cc(F)cc2F)cc1. The third-order valence-electron chi connectivity index (χ3n) is 3.70. The Kier molecular flexibility index (Phi) is 4.28. The van der Waals surface area contributed by atoms with Gasteiger partial charge in [-0.05, 0) is 19.4 Å². The van der Waals surface area contributed by atoms with Crippen LogP contribution in [0.3, 0.4) is 0 Å². The lowest BCUT2D eigenvalue weighted by Gasteiger charge is -2.15. The summed E-state index contributed by atoms with van der Waals surface area (Å²) in [5.41, 5.74) is 2.28. The molecule has 0 bridgehead atoms. The highest BCUT2D eigenvalue weighted by Crippen LogP contribution is 2.40. The molecule has 0 N–H and O–H groups in total. The Morgan fingerprint density at radius 2 is 1.38 bits per heavy atom. The molecule has 0 spiro atoms. The summed E-state index contributed by atoms with van der Waals surface area (Å²) in [7, 11) is 0. The molecule has 2 nitrogen and oxygen atoms in total. The highest BCUT2D eigenvalue weighted by molar-refractivity contribution is 6.32. The zero-order valence-corrected chi connectivity index (χ0v) is 13.6. The standard InChI is InChI=1S/C18H12ClF3N2/c1-9-3-5-11(6-4-9)15-10(2)23-24-18(19)17(15)16-13(21)7-12(20)8-14(16)22/h3-8H,1-2H3. The van der Waals surface area contributed by atoms with Gasteiger partial charge in [-0.25, -0.2) is 13.2 Å². The number of rotatable bonds is 2. The zero-order chi connectivity index (χ0) is 17.4. The molecule has 3 aromatic rings. The minimum Gasteiger partial charge on any atom is -0.207 e. The zero-order valence-electron chi connectivity index (χ0n) is 12.9. The quantitative estimate of drug-likeness (QED) is 0.611. The Balaban J connectivity index is 2.37. The molecule has 0 aliphatic carbocycles. The highest BCUT2D eigenvalue weighted by Gasteiger charge is 2.23. The van der Waals surface area contributed by atoms with E-state index in [1.165, 1.54) is 0 Å². The fourth-order valence-corrected chi connectivity index (χ4v) is 2.81. The summed E-state index contributed by atoms with van der Waals surface area (Å²) in [4.78, 5) is 0. The van der Waals surface area contributed by atoms with Crippen molar-refractivity contribution in [3.8, 4) is 22.3 Å². The van der Waals surface area contributed by atoms with Crippen LogP contribution in [-0.2, 0) is 0 Å². The fraction of sp³-hybridized carbons (Fsp3) is 0.111. The van der Waals surface area contributed by atoms with Crippen LogP contribution in [0.4, 0.5) is 13.2 Å². The molecule has 0 aliphatic rings. The van der Waals surface area contributed by atoms with Crippen molar-refractivity contribution in [2.45, 2.75) is 13.8 Å². The lowest BCUT2D eigenvalue weighted by atomic mass is 9.94. The van der Waals surface area contributed by atoms with Crippen LogP contribution in [0.25, 0.3) is 22.3 Å². The maximum Gasteiger partial charge on any atom is 0.160 e. The van der Waals surface area contributed by atoms with E-state index in [0.29, 0.717) is 29.0 Å². The highest BCUT2D eigenvalue weighted by atomic mass is 35.5. The van der Waals surface area contributed by atoms with Crippen molar-refractivity contribution in [3.63, 3.8) is 0 Å². The molecule has 0 atom stereocenters. The maximum absolute atomic E-state index is 14.3. The number of hydrogen-bond donors (Lipinski definition) is 0. The Morgan fingerprint density at radius 3 is 1.96 bits per heavy atom. The number of aromatic nitrogens is 2. The van der Waals surface area contributed by atoms with Gasteiger partial charge in [0.15, 0.2) is 5.15 Å². The van der Waals surface area contributed by atoms with Crippen LogP contribution in [0.1, 0.15) is 11.3 Å². The summed E-state index contributed by atoms with van der Waals surface area (Å²) >= 11 is 6.10. The first-order valence-corrected chi connectivity index (χ1v) is 7.51. The average Bonchev–Trinajstić information content (AvgIpc) is 2.51. The minimum atomic E-state index is -1.05. The first kappa shape index (κ1) is 16.5. The van der Waals surface area contributed by atoms with Crippen LogP contribution in [0.5, 0.6) is 0 Å². The number of aryl methyl sites for hydroxylation is 2. The number of benzene rings is 2. The van der Waals surface area contributed by atoms with Crippen LogP contribution in [0, 0.1) is 31.3 Å². The van der Waals surface area contributed by atoms with E-state index in [9.17, 15) is 13.2 Å². The summed E-state index contributed by atoms with van der Waals surface area (Å²) in [6.45, 7) is 3.59. The average molecular weight is 349 g/mol. The van der Waals surface area contributed by atoms with Gasteiger partial charge >= 0.3 is 0 Å². The minimum absolute atomic E-state index is 0.0584. The number of halogens is 4. The fourth-order valence-electron chi connectivity index (χ4n) is 2.59. The van der Waals surface area contributed by atoms with Gasteiger partial charge in [-0.2, -0.15) is 5.10 Å². The second-order valence-corrected chi connectivity index (χ2v) is 5.79. The van der Waals surface area contributed by atoms with Crippen molar-refractivity contribution in [2.24, 2.45) is 0 Å². The van der Waals surface area contributed by atoms with E-state index in [2.05, 4.69) is 10.2 Å². The van der Waals surface area contributed by atoms with Crippen LogP contribution in [0.2, 0.25) is 5.15 Å². The molecule has 0 fully saturated rings. The molecule has 122 valence electrons. The van der Waals surface area contributed by atoms with Crippen LogP contribution in [-0.4, -0.2) is 10.2 Å². The van der Waals surface area contributed by atoms with Crippen molar-refractivity contribution < 1.29 is 13.2 Å². The molecule has 3 rings (SSSR count). The molecule has 2 aromatic carbocycles. The first-order chi connectivity index (χ1) is 11.4. The van der Waals surface area contributed by atoms with Gasteiger partial charge in [0.25, 0.3) is 0 Å². The molecule has 6 heteroatoms. The van der Waals surface area contributed by atoms with Gasteiger partial charge in [0.05, 0.1) is 11.3 Å². The molecule has 0 radical (unpaired) electrons. The second-order valence-electron chi connectivity index (χ2n) is 5.44. The predicted octanol–water partition coefficient (Wildman–Crippen LogP) is 5.50. The van der Waals surface area contributed by atoms with E-state index in [-0.39, 0.29) is 10.7 Å². The van der Waals surface area contributed by atoms with Crippen molar-refractivity contribution in [3.05, 3.63) is 70.3 Å². The monoisotopic (exact) mass is 348 g/mol. The largest absolute Gasteiger partial charge is 0.207 e. The Bertz CT molecular complexity index is 901. The Hall–Kier alpha value is -2.40. The molecule has 0 aliphatic heterocycles. The molecule has 0 unspecified atom stereocenters. The van der Waals surface area contributed by atoms with Crippen molar-refractivity contribution in [1.29, 1.82) is 0 Å². The van der Waals surface area contributed by atoms with Crippen molar-refractivity contribution in [1.82, 2.24) is 10.2 Å². The van der Waals surface area contributed by atoms with Crippen LogP contribution in [0.15, 0.2) is 36.4 Å². The molecule has 1 heterocycles. The summed E-state index contributed by atoms with van der Waals surface area (Å²) in [5.74, 6) is -3.09. The van der Waals surface area contributed by atoms with Gasteiger partial charge in [0.2, 0.25) is 0 Å². The Morgan fingerprint density at radius 1 is 0.792 bits per heavy atom. The third-order valence-corrected chi connectivity index (χ3v) is 3.97. The van der Waals surface area contributed by atoms with Crippen LogP contribution < -0.4 is 0 Å². The summed E-state index contributed by atoms with van der Waals surface area (Å²) < 4.78 is 41.8. The summed E-state index contributed by atoms with van der Waals surface area (Å²) in [6.07, 6.45) is 0. The molecule has 1 aromatic heterocycles.